The van der Waals surface area contributed by atoms with E-state index in [0.717, 1.165) is 0 Å². The third kappa shape index (κ3) is 5.54. The molecule has 0 radical (unpaired) electrons. The Morgan fingerprint density at radius 1 is 0.209 bits per heavy atom. The third-order valence-electron chi connectivity index (χ3n) is 14.8. The Hall–Kier alpha value is -8.58. The smallest absolute Gasteiger partial charge is 0.0622 e. The van der Waals surface area contributed by atoms with E-state index in [2.05, 4.69) is 255 Å². The molecular formula is C67H42. The first kappa shape index (κ1) is 37.8. The molecule has 0 saturated heterocycles. The van der Waals surface area contributed by atoms with Gasteiger partial charge >= 0.3 is 0 Å². The molecule has 310 valence electrons. The van der Waals surface area contributed by atoms with Gasteiger partial charge in [0.1, 0.15) is 0 Å². The Morgan fingerprint density at radius 2 is 0.642 bits per heavy atom. The molecule has 0 N–H and O–H groups in total. The van der Waals surface area contributed by atoms with Crippen molar-refractivity contribution < 1.29 is 0 Å². The van der Waals surface area contributed by atoms with Gasteiger partial charge in [-0.15, -0.1) is 0 Å². The van der Waals surface area contributed by atoms with E-state index in [-0.39, 0.29) is 0 Å². The first-order valence-electron chi connectivity index (χ1n) is 23.4. The minimum Gasteiger partial charge on any atom is -0.0622 e. The van der Waals surface area contributed by atoms with Crippen LogP contribution in [-0.2, 0) is 5.41 Å². The molecule has 12 aromatic rings. The summed E-state index contributed by atoms with van der Waals surface area (Å²) in [6.07, 6.45) is 0. The predicted molar refractivity (Wildman–Crippen MR) is 282 cm³/mol. The number of rotatable bonds is 5. The quantitative estimate of drug-likeness (QED) is 0.151. The van der Waals surface area contributed by atoms with Crippen molar-refractivity contribution in [1.82, 2.24) is 0 Å². The summed E-state index contributed by atoms with van der Waals surface area (Å²) in [5, 5.41) is 7.69. The molecule has 67 heavy (non-hydrogen) atoms. The molecule has 0 saturated carbocycles. The summed E-state index contributed by atoms with van der Waals surface area (Å²) < 4.78 is 0. The van der Waals surface area contributed by atoms with Crippen LogP contribution in [0.15, 0.2) is 255 Å². The van der Waals surface area contributed by atoms with E-state index in [1.54, 1.807) is 0 Å². The lowest BCUT2D eigenvalue weighted by atomic mass is 9.68. The molecule has 0 bridgehead atoms. The van der Waals surface area contributed by atoms with E-state index in [1.807, 2.05) is 0 Å². The number of hydrogen-bond acceptors (Lipinski definition) is 0. The molecule has 2 aliphatic carbocycles. The Balaban J connectivity index is 1.09. The van der Waals surface area contributed by atoms with Crippen molar-refractivity contribution in [2.24, 2.45) is 0 Å². The van der Waals surface area contributed by atoms with Gasteiger partial charge in [0, 0.05) is 0 Å². The van der Waals surface area contributed by atoms with E-state index < -0.39 is 5.41 Å². The Morgan fingerprint density at radius 3 is 1.28 bits per heavy atom. The minimum atomic E-state index is -0.571. The second-order valence-electron chi connectivity index (χ2n) is 18.3. The van der Waals surface area contributed by atoms with Gasteiger partial charge in [0.15, 0.2) is 0 Å². The van der Waals surface area contributed by atoms with E-state index in [0.29, 0.717) is 0 Å². The molecule has 0 aliphatic heterocycles. The van der Waals surface area contributed by atoms with Gasteiger partial charge in [-0.1, -0.05) is 224 Å². The molecule has 0 heterocycles. The summed E-state index contributed by atoms with van der Waals surface area (Å²) >= 11 is 0. The SMILES string of the molecule is c1ccc(-c2ccc(-c3ccc4c(c3)C3(c5ccccc5-4)c4ccccc4-c4c3c3c5ccccc5c(-c5cc(-c6ccccc6)cc(-c6ccccc6)c5)cc3c3ccccc43)cc2)cc1. The molecule has 1 unspecified atom stereocenters. The molecule has 1 spiro atoms. The van der Waals surface area contributed by atoms with Crippen molar-refractivity contribution in [3.63, 3.8) is 0 Å². The highest BCUT2D eigenvalue weighted by Gasteiger charge is 2.53. The lowest BCUT2D eigenvalue weighted by molar-refractivity contribution is 0.802. The van der Waals surface area contributed by atoms with Crippen LogP contribution in [0.25, 0.3) is 110 Å². The predicted octanol–water partition coefficient (Wildman–Crippen LogP) is 17.8. The second-order valence-corrected chi connectivity index (χ2v) is 18.3. The van der Waals surface area contributed by atoms with Gasteiger partial charge in [-0.2, -0.15) is 0 Å². The lowest BCUT2D eigenvalue weighted by Gasteiger charge is -2.32. The van der Waals surface area contributed by atoms with Crippen molar-refractivity contribution >= 4 is 32.3 Å². The Bertz CT molecular complexity index is 3880. The molecule has 0 aromatic heterocycles. The zero-order valence-electron chi connectivity index (χ0n) is 36.7. The number of benzene rings is 12. The van der Waals surface area contributed by atoms with Crippen molar-refractivity contribution in [1.29, 1.82) is 0 Å². The fourth-order valence-corrected chi connectivity index (χ4v) is 12.0. The summed E-state index contributed by atoms with van der Waals surface area (Å²) in [5.41, 5.74) is 22.3. The van der Waals surface area contributed by atoms with Gasteiger partial charge in [0.25, 0.3) is 0 Å². The van der Waals surface area contributed by atoms with Crippen LogP contribution in [0.2, 0.25) is 0 Å². The summed E-state index contributed by atoms with van der Waals surface area (Å²) in [5.74, 6) is 0. The second kappa shape index (κ2) is 14.7. The van der Waals surface area contributed by atoms with Gasteiger partial charge in [-0.25, -0.2) is 0 Å². The summed E-state index contributed by atoms with van der Waals surface area (Å²) in [7, 11) is 0. The van der Waals surface area contributed by atoms with E-state index in [9.17, 15) is 0 Å². The molecule has 2 aliphatic rings. The fraction of sp³-hybridized carbons (Fsp3) is 0.0149. The minimum absolute atomic E-state index is 0.571. The average Bonchev–Trinajstić information content (AvgIpc) is 3.89. The molecule has 0 fully saturated rings. The topological polar surface area (TPSA) is 0 Å². The average molecular weight is 847 g/mol. The highest BCUT2D eigenvalue weighted by atomic mass is 14.5. The first-order valence-corrected chi connectivity index (χ1v) is 23.4. The van der Waals surface area contributed by atoms with Crippen LogP contribution in [0.3, 0.4) is 0 Å². The summed E-state index contributed by atoms with van der Waals surface area (Å²) in [6.45, 7) is 0. The van der Waals surface area contributed by atoms with Gasteiger partial charge in [0.2, 0.25) is 0 Å². The van der Waals surface area contributed by atoms with Gasteiger partial charge in [-0.3, -0.25) is 0 Å². The molecule has 14 rings (SSSR count). The highest BCUT2D eigenvalue weighted by Crippen LogP contribution is 2.66. The summed E-state index contributed by atoms with van der Waals surface area (Å²) in [6, 6.07) is 95.3. The van der Waals surface area contributed by atoms with Gasteiger partial charge in [0.05, 0.1) is 5.41 Å². The largest absolute Gasteiger partial charge is 0.0732 e. The van der Waals surface area contributed by atoms with Gasteiger partial charge < -0.3 is 0 Å². The molecule has 12 aromatic carbocycles. The first-order chi connectivity index (χ1) is 33.2. The molecule has 0 amide bonds. The van der Waals surface area contributed by atoms with Crippen LogP contribution < -0.4 is 0 Å². The van der Waals surface area contributed by atoms with Gasteiger partial charge in [-0.05, 0) is 163 Å². The van der Waals surface area contributed by atoms with Crippen LogP contribution in [0.1, 0.15) is 22.3 Å². The zero-order valence-corrected chi connectivity index (χ0v) is 36.7. The summed E-state index contributed by atoms with van der Waals surface area (Å²) in [4.78, 5) is 0. The molecular weight excluding hydrogens is 805 g/mol. The maximum atomic E-state index is 2.53. The Labute approximate surface area is 390 Å². The number of hydrogen-bond donors (Lipinski definition) is 0. The van der Waals surface area contributed by atoms with E-state index >= 15 is 0 Å². The van der Waals surface area contributed by atoms with Crippen LogP contribution in [-0.4, -0.2) is 0 Å². The third-order valence-corrected chi connectivity index (χ3v) is 14.8. The van der Waals surface area contributed by atoms with Crippen molar-refractivity contribution in [3.05, 3.63) is 277 Å². The number of fused-ring (bicyclic) bond motifs is 17. The highest BCUT2D eigenvalue weighted by molar-refractivity contribution is 6.28. The van der Waals surface area contributed by atoms with Crippen molar-refractivity contribution in [2.75, 3.05) is 0 Å². The van der Waals surface area contributed by atoms with Crippen LogP contribution in [0.4, 0.5) is 0 Å². The molecule has 0 heteroatoms. The normalized spacial score (nSPS) is 14.3. The maximum Gasteiger partial charge on any atom is 0.0732 e. The zero-order chi connectivity index (χ0) is 44.1. The maximum absolute atomic E-state index is 2.53. The van der Waals surface area contributed by atoms with Crippen LogP contribution in [0, 0.1) is 0 Å². The molecule has 1 atom stereocenters. The lowest BCUT2D eigenvalue weighted by Crippen LogP contribution is -2.26. The fourth-order valence-electron chi connectivity index (χ4n) is 12.0. The van der Waals surface area contributed by atoms with Crippen LogP contribution >= 0.6 is 0 Å². The molecule has 0 nitrogen and oxygen atoms in total. The standard InChI is InChI=1S/C67H42/c1-4-18-43(19-5-1)46-32-34-47(35-33-46)48-36-37-55-54-26-14-16-30-61(54)67(63(55)41-48)62-31-17-15-29-58(62)64-57-28-13-11-25-53(57)60-42-59(52-24-10-12-27-56(52)65(60)66(64)67)51-39-49(44-20-6-2-7-21-44)38-50(40-51)45-22-8-3-9-23-45/h1-42H. The monoisotopic (exact) mass is 846 g/mol. The van der Waals surface area contributed by atoms with E-state index in [1.165, 1.54) is 132 Å². The van der Waals surface area contributed by atoms with Crippen molar-refractivity contribution in [3.8, 4) is 77.9 Å². The van der Waals surface area contributed by atoms with Crippen molar-refractivity contribution in [2.45, 2.75) is 5.41 Å². The van der Waals surface area contributed by atoms with Crippen LogP contribution in [0.5, 0.6) is 0 Å². The van der Waals surface area contributed by atoms with E-state index in [4.69, 9.17) is 0 Å². The Kier molecular flexibility index (Phi) is 8.30.